The molecule has 5 aromatic rings. The Bertz CT molecular complexity index is 1210. The lowest BCUT2D eigenvalue weighted by Gasteiger charge is -2.00. The normalized spacial score (nSPS) is 11.4. The first-order valence-electron chi connectivity index (χ1n) is 8.98. The van der Waals surface area contributed by atoms with Gasteiger partial charge in [-0.3, -0.25) is 0 Å². The Labute approximate surface area is 160 Å². The van der Waals surface area contributed by atoms with Gasteiger partial charge in [-0.15, -0.1) is 10.2 Å². The minimum absolute atomic E-state index is 0.696. The van der Waals surface area contributed by atoms with Gasteiger partial charge >= 0.3 is 0 Å². The van der Waals surface area contributed by atoms with Crippen molar-refractivity contribution < 1.29 is 0 Å². The molecule has 0 fully saturated rings. The first kappa shape index (κ1) is 16.1. The maximum Gasteiger partial charge on any atom is 0.235 e. The van der Waals surface area contributed by atoms with Crippen LogP contribution >= 0.6 is 11.3 Å². The van der Waals surface area contributed by atoms with Crippen LogP contribution < -0.4 is 0 Å². The molecule has 0 saturated heterocycles. The van der Waals surface area contributed by atoms with Gasteiger partial charge in [-0.05, 0) is 30.5 Å². The second-order valence-corrected chi connectivity index (χ2v) is 7.48. The number of hydrogen-bond donors (Lipinski definition) is 0. The summed E-state index contributed by atoms with van der Waals surface area (Å²) in [5.74, 6) is 0.696. The summed E-state index contributed by atoms with van der Waals surface area (Å²) in [5, 5.41) is 15.5. The first-order chi connectivity index (χ1) is 13.4. The maximum absolute atomic E-state index is 4.73. The molecule has 0 atom stereocenters. The lowest BCUT2D eigenvalue weighted by Crippen LogP contribution is -1.95. The van der Waals surface area contributed by atoms with Crippen LogP contribution in [-0.2, 0) is 12.8 Å². The molecule has 0 aliphatic carbocycles. The van der Waals surface area contributed by atoms with Crippen LogP contribution in [-0.4, -0.2) is 24.8 Å². The number of para-hydroxylation sites is 1. The number of nitrogens with zero attached hydrogens (tertiary/aromatic N) is 5. The largest absolute Gasteiger partial charge is 0.244 e. The molecule has 5 nitrogen and oxygen atoms in total. The molecule has 6 heteroatoms. The van der Waals surface area contributed by atoms with Crippen LogP contribution in [0.25, 0.3) is 27.4 Å². The standard InChI is InChI=1S/C21H17N5S/c1-2-7-15(8-3-1)9-6-12-19-25-26-20(23-24-21(26)27-19)18-14-13-16-10-4-5-11-17(16)22-18/h1-5,7-8,10-11,13-14H,6,9,12H2. The molecule has 0 unspecified atom stereocenters. The van der Waals surface area contributed by atoms with Crippen molar-refractivity contribution in [2.45, 2.75) is 19.3 Å². The highest BCUT2D eigenvalue weighted by atomic mass is 32.1. The molecule has 0 aliphatic heterocycles. The summed E-state index contributed by atoms with van der Waals surface area (Å²) < 4.78 is 1.82. The van der Waals surface area contributed by atoms with E-state index < -0.39 is 0 Å². The van der Waals surface area contributed by atoms with E-state index >= 15 is 0 Å². The number of rotatable bonds is 5. The van der Waals surface area contributed by atoms with E-state index in [1.54, 1.807) is 11.3 Å². The fraction of sp³-hybridized carbons (Fsp3) is 0.143. The van der Waals surface area contributed by atoms with Crippen LogP contribution in [0.15, 0.2) is 66.7 Å². The van der Waals surface area contributed by atoms with Gasteiger partial charge in [-0.25, -0.2) is 4.98 Å². The van der Waals surface area contributed by atoms with Crippen molar-refractivity contribution in [3.8, 4) is 11.5 Å². The summed E-state index contributed by atoms with van der Waals surface area (Å²) >= 11 is 1.60. The molecule has 2 aromatic carbocycles. The number of aromatic nitrogens is 5. The van der Waals surface area contributed by atoms with E-state index in [0.717, 1.165) is 45.8 Å². The highest BCUT2D eigenvalue weighted by molar-refractivity contribution is 7.16. The van der Waals surface area contributed by atoms with Crippen molar-refractivity contribution in [3.63, 3.8) is 0 Å². The Morgan fingerprint density at radius 1 is 0.815 bits per heavy atom. The summed E-state index contributed by atoms with van der Waals surface area (Å²) in [6.45, 7) is 0. The van der Waals surface area contributed by atoms with Gasteiger partial charge in [0, 0.05) is 11.8 Å². The molecule has 0 aliphatic rings. The number of pyridine rings is 1. The molecule has 132 valence electrons. The molecule has 0 radical (unpaired) electrons. The SMILES string of the molecule is c1ccc(CCCc2nn3c(-c4ccc5ccccc5n4)nnc3s2)cc1. The van der Waals surface area contributed by atoms with E-state index in [-0.39, 0.29) is 0 Å². The van der Waals surface area contributed by atoms with Crippen LogP contribution in [0, 0.1) is 0 Å². The topological polar surface area (TPSA) is 56.0 Å². The highest BCUT2D eigenvalue weighted by Gasteiger charge is 2.14. The van der Waals surface area contributed by atoms with Gasteiger partial charge in [-0.1, -0.05) is 65.9 Å². The van der Waals surface area contributed by atoms with Crippen molar-refractivity contribution in [2.75, 3.05) is 0 Å². The summed E-state index contributed by atoms with van der Waals surface area (Å²) in [6.07, 6.45) is 3.06. The van der Waals surface area contributed by atoms with Gasteiger partial charge in [0.15, 0.2) is 0 Å². The molecule has 3 heterocycles. The van der Waals surface area contributed by atoms with E-state index in [4.69, 9.17) is 10.1 Å². The summed E-state index contributed by atoms with van der Waals surface area (Å²) in [4.78, 5) is 5.53. The van der Waals surface area contributed by atoms with Crippen molar-refractivity contribution in [2.24, 2.45) is 0 Å². The predicted molar refractivity (Wildman–Crippen MR) is 108 cm³/mol. The molecule has 5 rings (SSSR count). The van der Waals surface area contributed by atoms with Gasteiger partial charge in [0.25, 0.3) is 0 Å². The molecule has 0 bridgehead atoms. The van der Waals surface area contributed by atoms with E-state index in [1.165, 1.54) is 5.56 Å². The van der Waals surface area contributed by atoms with Crippen molar-refractivity contribution in [1.29, 1.82) is 0 Å². The number of aryl methyl sites for hydroxylation is 2. The van der Waals surface area contributed by atoms with E-state index in [0.29, 0.717) is 5.82 Å². The Hall–Kier alpha value is -3.12. The Kier molecular flexibility index (Phi) is 4.10. The fourth-order valence-corrected chi connectivity index (χ4v) is 4.07. The molecule has 0 amide bonds. The van der Waals surface area contributed by atoms with Gasteiger partial charge in [0.05, 0.1) is 5.52 Å². The second kappa shape index (κ2) is 6.89. The number of benzene rings is 2. The average molecular weight is 371 g/mol. The van der Waals surface area contributed by atoms with Gasteiger partial charge in [-0.2, -0.15) is 9.61 Å². The van der Waals surface area contributed by atoms with E-state index in [9.17, 15) is 0 Å². The lowest BCUT2D eigenvalue weighted by molar-refractivity contribution is 0.789. The zero-order valence-corrected chi connectivity index (χ0v) is 15.4. The van der Waals surface area contributed by atoms with Crippen LogP contribution in [0.4, 0.5) is 0 Å². The highest BCUT2D eigenvalue weighted by Crippen LogP contribution is 2.23. The van der Waals surface area contributed by atoms with Gasteiger partial charge in [0.1, 0.15) is 10.7 Å². The monoisotopic (exact) mass is 371 g/mol. The third kappa shape index (κ3) is 3.19. The first-order valence-corrected chi connectivity index (χ1v) is 9.80. The van der Waals surface area contributed by atoms with E-state index in [1.807, 2.05) is 28.8 Å². The van der Waals surface area contributed by atoms with Crippen LogP contribution in [0.5, 0.6) is 0 Å². The number of hydrogen-bond acceptors (Lipinski definition) is 5. The van der Waals surface area contributed by atoms with Crippen molar-refractivity contribution >= 4 is 27.2 Å². The summed E-state index contributed by atoms with van der Waals surface area (Å²) in [7, 11) is 0. The van der Waals surface area contributed by atoms with Crippen LogP contribution in [0.2, 0.25) is 0 Å². The summed E-state index contributed by atoms with van der Waals surface area (Å²) in [6, 6.07) is 22.7. The van der Waals surface area contributed by atoms with Crippen LogP contribution in [0.3, 0.4) is 0 Å². The molecular weight excluding hydrogens is 354 g/mol. The molecule has 0 N–H and O–H groups in total. The smallest absolute Gasteiger partial charge is 0.235 e. The molecular formula is C21H17N5S. The van der Waals surface area contributed by atoms with Crippen molar-refractivity contribution in [1.82, 2.24) is 24.8 Å². The zero-order valence-electron chi connectivity index (χ0n) is 14.6. The van der Waals surface area contributed by atoms with Crippen LogP contribution in [0.1, 0.15) is 17.0 Å². The van der Waals surface area contributed by atoms with E-state index in [2.05, 4.69) is 52.7 Å². The second-order valence-electron chi connectivity index (χ2n) is 6.44. The molecule has 0 saturated carbocycles. The Morgan fingerprint density at radius 2 is 1.67 bits per heavy atom. The minimum atomic E-state index is 0.696. The molecule has 0 spiro atoms. The quantitative estimate of drug-likeness (QED) is 0.454. The Balaban J connectivity index is 1.39. The van der Waals surface area contributed by atoms with Gasteiger partial charge in [0.2, 0.25) is 10.8 Å². The average Bonchev–Trinajstić information content (AvgIpc) is 3.29. The molecule has 3 aromatic heterocycles. The molecule has 27 heavy (non-hydrogen) atoms. The zero-order chi connectivity index (χ0) is 18.1. The minimum Gasteiger partial charge on any atom is -0.244 e. The Morgan fingerprint density at radius 3 is 2.59 bits per heavy atom. The summed E-state index contributed by atoms with van der Waals surface area (Å²) in [5.41, 5.74) is 3.11. The fourth-order valence-electron chi connectivity index (χ4n) is 3.20. The van der Waals surface area contributed by atoms with Crippen molar-refractivity contribution in [3.05, 3.63) is 77.3 Å². The maximum atomic E-state index is 4.73. The van der Waals surface area contributed by atoms with Gasteiger partial charge < -0.3 is 0 Å². The third-order valence-electron chi connectivity index (χ3n) is 4.56. The number of fused-ring (bicyclic) bond motifs is 2. The lowest BCUT2D eigenvalue weighted by atomic mass is 10.1. The third-order valence-corrected chi connectivity index (χ3v) is 5.52. The predicted octanol–water partition coefficient (Wildman–Crippen LogP) is 4.58.